The molecule has 1 amide bonds. The summed E-state index contributed by atoms with van der Waals surface area (Å²) in [6.07, 6.45) is 2.17. The van der Waals surface area contributed by atoms with Gasteiger partial charge >= 0.3 is 0 Å². The number of anilines is 1. The first-order chi connectivity index (χ1) is 8.50. The van der Waals surface area contributed by atoms with Gasteiger partial charge in [-0.25, -0.2) is 0 Å². The first-order valence-corrected chi connectivity index (χ1v) is 7.10. The third kappa shape index (κ3) is 2.51. The smallest absolute Gasteiger partial charge is 0.258 e. The zero-order valence-corrected chi connectivity index (χ0v) is 12.5. The van der Waals surface area contributed by atoms with E-state index in [1.54, 1.807) is 0 Å². The fourth-order valence-electron chi connectivity index (χ4n) is 2.25. The highest BCUT2D eigenvalue weighted by Crippen LogP contribution is 2.37. The van der Waals surface area contributed by atoms with Crippen LogP contribution in [0.5, 0.6) is 0 Å². The van der Waals surface area contributed by atoms with Crippen molar-refractivity contribution < 1.29 is 4.79 Å². The molecular formula is C15H18BrNO. The van der Waals surface area contributed by atoms with E-state index in [1.165, 1.54) is 0 Å². The highest BCUT2D eigenvalue weighted by molar-refractivity contribution is 9.10. The molecule has 0 unspecified atom stereocenters. The predicted molar refractivity (Wildman–Crippen MR) is 79.6 cm³/mol. The summed E-state index contributed by atoms with van der Waals surface area (Å²) in [5, 5.41) is 0. The van der Waals surface area contributed by atoms with Crippen molar-refractivity contribution in [2.24, 2.45) is 5.92 Å². The molecule has 2 rings (SSSR count). The van der Waals surface area contributed by atoms with Crippen LogP contribution in [0.4, 0.5) is 5.69 Å². The molecule has 1 aromatic rings. The summed E-state index contributed by atoms with van der Waals surface area (Å²) in [6.45, 7) is 9.08. The molecule has 0 N–H and O–H groups in total. The Morgan fingerprint density at radius 1 is 1.39 bits per heavy atom. The second-order valence-electron chi connectivity index (χ2n) is 5.13. The van der Waals surface area contributed by atoms with Gasteiger partial charge in [0.1, 0.15) is 0 Å². The van der Waals surface area contributed by atoms with Crippen LogP contribution in [0.1, 0.15) is 32.3 Å². The minimum absolute atomic E-state index is 0.0480. The molecule has 0 saturated heterocycles. The molecule has 0 spiro atoms. The van der Waals surface area contributed by atoms with E-state index >= 15 is 0 Å². The van der Waals surface area contributed by atoms with Crippen LogP contribution in [0.15, 0.2) is 29.3 Å². The molecule has 0 atom stereocenters. The molecule has 0 saturated carbocycles. The molecule has 0 aliphatic carbocycles. The summed E-state index contributed by atoms with van der Waals surface area (Å²) in [5.74, 6) is 0.722. The Morgan fingerprint density at radius 3 is 2.78 bits per heavy atom. The molecule has 1 aromatic carbocycles. The van der Waals surface area contributed by atoms with Crippen LogP contribution < -0.4 is 4.90 Å². The van der Waals surface area contributed by atoms with E-state index in [9.17, 15) is 4.79 Å². The van der Waals surface area contributed by atoms with Gasteiger partial charge in [-0.05, 0) is 30.9 Å². The number of carbonyl (C=O) groups excluding carboxylic acids is 1. The van der Waals surface area contributed by atoms with E-state index < -0.39 is 0 Å². The van der Waals surface area contributed by atoms with Crippen molar-refractivity contribution in [2.75, 3.05) is 11.4 Å². The van der Waals surface area contributed by atoms with Gasteiger partial charge in [-0.3, -0.25) is 4.79 Å². The SMILES string of the molecule is C=C1C(=O)N(CCCC(C)C)c2cc(Br)ccc21. The monoisotopic (exact) mass is 307 g/mol. The Labute approximate surface area is 117 Å². The third-order valence-corrected chi connectivity index (χ3v) is 3.74. The van der Waals surface area contributed by atoms with Crippen LogP contribution in [0.25, 0.3) is 5.57 Å². The Morgan fingerprint density at radius 2 is 2.11 bits per heavy atom. The highest BCUT2D eigenvalue weighted by Gasteiger charge is 2.30. The Bertz CT molecular complexity index is 493. The standard InChI is InChI=1S/C15H18BrNO/c1-10(2)5-4-8-17-14-9-12(16)6-7-13(14)11(3)15(17)18/h6-7,9-10H,3-5,8H2,1-2H3. The number of hydrogen-bond donors (Lipinski definition) is 0. The number of carbonyl (C=O) groups is 1. The number of halogens is 1. The van der Waals surface area contributed by atoms with E-state index in [2.05, 4.69) is 36.4 Å². The number of hydrogen-bond acceptors (Lipinski definition) is 1. The molecule has 2 nitrogen and oxygen atoms in total. The zero-order chi connectivity index (χ0) is 13.3. The Kier molecular flexibility index (Phi) is 3.91. The fraction of sp³-hybridized carbons (Fsp3) is 0.400. The fourth-order valence-corrected chi connectivity index (χ4v) is 2.60. The zero-order valence-electron chi connectivity index (χ0n) is 10.9. The maximum Gasteiger partial charge on any atom is 0.258 e. The van der Waals surface area contributed by atoms with Gasteiger partial charge in [0.05, 0.1) is 5.69 Å². The maximum atomic E-state index is 12.2. The van der Waals surface area contributed by atoms with Crippen molar-refractivity contribution in [2.45, 2.75) is 26.7 Å². The Hall–Kier alpha value is -1.09. The van der Waals surface area contributed by atoms with Gasteiger partial charge in [-0.15, -0.1) is 0 Å². The van der Waals surface area contributed by atoms with Crippen LogP contribution in [0.3, 0.4) is 0 Å². The lowest BCUT2D eigenvalue weighted by Crippen LogP contribution is -2.27. The van der Waals surface area contributed by atoms with E-state index in [0.29, 0.717) is 11.5 Å². The van der Waals surface area contributed by atoms with Gasteiger partial charge in [0, 0.05) is 22.2 Å². The highest BCUT2D eigenvalue weighted by atomic mass is 79.9. The third-order valence-electron chi connectivity index (χ3n) is 3.24. The average Bonchev–Trinajstić information content (AvgIpc) is 2.53. The molecule has 96 valence electrons. The first-order valence-electron chi connectivity index (χ1n) is 6.31. The van der Waals surface area contributed by atoms with Crippen LogP contribution in [-0.2, 0) is 4.79 Å². The van der Waals surface area contributed by atoms with Crippen molar-refractivity contribution >= 4 is 33.1 Å². The Balaban J connectivity index is 2.19. The molecule has 0 bridgehead atoms. The normalized spacial score (nSPS) is 14.6. The topological polar surface area (TPSA) is 20.3 Å². The van der Waals surface area contributed by atoms with Crippen molar-refractivity contribution in [1.82, 2.24) is 0 Å². The van der Waals surface area contributed by atoms with Crippen molar-refractivity contribution in [3.63, 3.8) is 0 Å². The molecule has 0 aromatic heterocycles. The molecule has 18 heavy (non-hydrogen) atoms. The van der Waals surface area contributed by atoms with Gasteiger partial charge in [-0.1, -0.05) is 42.4 Å². The van der Waals surface area contributed by atoms with Crippen molar-refractivity contribution in [3.8, 4) is 0 Å². The summed E-state index contributed by atoms with van der Waals surface area (Å²) in [4.78, 5) is 14.0. The van der Waals surface area contributed by atoms with Crippen molar-refractivity contribution in [3.05, 3.63) is 34.8 Å². The quantitative estimate of drug-likeness (QED) is 0.762. The second-order valence-corrected chi connectivity index (χ2v) is 6.05. The summed E-state index contributed by atoms with van der Waals surface area (Å²) >= 11 is 3.46. The van der Waals surface area contributed by atoms with E-state index in [1.807, 2.05) is 23.1 Å². The first kappa shape index (κ1) is 13.3. The number of rotatable bonds is 4. The minimum atomic E-state index is 0.0480. The van der Waals surface area contributed by atoms with E-state index in [0.717, 1.165) is 35.1 Å². The lowest BCUT2D eigenvalue weighted by atomic mass is 10.1. The lowest BCUT2D eigenvalue weighted by Gasteiger charge is -2.17. The summed E-state index contributed by atoms with van der Waals surface area (Å²) in [7, 11) is 0. The van der Waals surface area contributed by atoms with Crippen LogP contribution >= 0.6 is 15.9 Å². The van der Waals surface area contributed by atoms with Crippen molar-refractivity contribution in [1.29, 1.82) is 0 Å². The molecular weight excluding hydrogens is 290 g/mol. The van der Waals surface area contributed by atoms with Gasteiger partial charge in [0.25, 0.3) is 5.91 Å². The van der Waals surface area contributed by atoms with E-state index in [-0.39, 0.29) is 5.91 Å². The minimum Gasteiger partial charge on any atom is -0.308 e. The van der Waals surface area contributed by atoms with Gasteiger partial charge in [0.2, 0.25) is 0 Å². The molecule has 0 radical (unpaired) electrons. The van der Waals surface area contributed by atoms with Crippen LogP contribution in [0.2, 0.25) is 0 Å². The molecule has 1 aliphatic heterocycles. The molecule has 0 fully saturated rings. The second kappa shape index (κ2) is 5.27. The van der Waals surface area contributed by atoms with E-state index in [4.69, 9.17) is 0 Å². The van der Waals surface area contributed by atoms with Crippen LogP contribution in [-0.4, -0.2) is 12.5 Å². The molecule has 1 aliphatic rings. The maximum absolute atomic E-state index is 12.2. The number of nitrogens with zero attached hydrogens (tertiary/aromatic N) is 1. The summed E-state index contributed by atoms with van der Waals surface area (Å²) in [5.41, 5.74) is 2.57. The summed E-state index contributed by atoms with van der Waals surface area (Å²) in [6, 6.07) is 5.91. The van der Waals surface area contributed by atoms with Crippen LogP contribution in [0, 0.1) is 5.92 Å². The van der Waals surface area contributed by atoms with Gasteiger partial charge < -0.3 is 4.90 Å². The number of fused-ring (bicyclic) bond motifs is 1. The largest absolute Gasteiger partial charge is 0.308 e. The average molecular weight is 308 g/mol. The van der Waals surface area contributed by atoms with Gasteiger partial charge in [0.15, 0.2) is 0 Å². The lowest BCUT2D eigenvalue weighted by molar-refractivity contribution is -0.113. The summed E-state index contributed by atoms with van der Waals surface area (Å²) < 4.78 is 0.998. The van der Waals surface area contributed by atoms with Gasteiger partial charge in [-0.2, -0.15) is 0 Å². The predicted octanol–water partition coefficient (Wildman–Crippen LogP) is 4.25. The number of amides is 1. The molecule has 3 heteroatoms. The molecule has 1 heterocycles. The number of benzene rings is 1.